The normalized spacial score (nSPS) is 3.75. The van der Waals surface area contributed by atoms with Gasteiger partial charge in [-0.1, -0.05) is 0 Å². The molecule has 6 heteroatoms. The maximum atomic E-state index is 7.62. The van der Waals surface area contributed by atoms with Crippen LogP contribution in [0.25, 0.3) is 0 Å². The molecule has 2 nitrogen and oxygen atoms in total. The van der Waals surface area contributed by atoms with E-state index in [9.17, 15) is 0 Å². The van der Waals surface area contributed by atoms with Crippen LogP contribution in [-0.4, -0.2) is 23.4 Å². The molecular formula is C2H6BrClNa2O2. The van der Waals surface area contributed by atoms with Gasteiger partial charge >= 0.3 is 59.1 Å². The van der Waals surface area contributed by atoms with Gasteiger partial charge in [0.1, 0.15) is 0 Å². The van der Waals surface area contributed by atoms with Crippen molar-refractivity contribution in [3.8, 4) is 0 Å². The van der Waals surface area contributed by atoms with Gasteiger partial charge < -0.3 is 39.6 Å². The van der Waals surface area contributed by atoms with Gasteiger partial charge in [0.25, 0.3) is 0 Å². The van der Waals surface area contributed by atoms with Crippen molar-refractivity contribution < 1.29 is 98.7 Å². The minimum absolute atomic E-state index is 0. The largest absolute Gasteiger partial charge is 1.00 e. The van der Waals surface area contributed by atoms with Crippen LogP contribution in [0.1, 0.15) is 0 Å². The van der Waals surface area contributed by atoms with Crippen molar-refractivity contribution in [2.45, 2.75) is 0 Å². The predicted molar refractivity (Wildman–Crippen MR) is 14.2 cm³/mol. The Morgan fingerprint density at radius 2 is 1.00 bits per heavy atom. The van der Waals surface area contributed by atoms with E-state index in [1.54, 1.807) is 0 Å². The first-order chi connectivity index (χ1) is 1.91. The Morgan fingerprint density at radius 1 is 0.875 bits per heavy atom. The zero-order valence-corrected chi connectivity index (χ0v) is 11.4. The summed E-state index contributed by atoms with van der Waals surface area (Å²) in [6, 6.07) is 0. The molecule has 2 N–H and O–H groups in total. The second-order valence-corrected chi connectivity index (χ2v) is 0.447. The standard InChI is InChI=1S/C2H6O2.BrH.ClH.2Na/c3-1-2-4;;;;/h3-4H,1-2H2;2*1H;;/q;;;2*+1/p-2. The molecule has 0 unspecified atom stereocenters. The zero-order chi connectivity index (χ0) is 3.41. The van der Waals surface area contributed by atoms with Crippen LogP contribution in [0.2, 0.25) is 0 Å². The summed E-state index contributed by atoms with van der Waals surface area (Å²) in [5.41, 5.74) is 0. The SMILES string of the molecule is OCCO.[Br-].[Cl-].[Na+].[Na+]. The van der Waals surface area contributed by atoms with E-state index in [0.29, 0.717) is 0 Å². The van der Waals surface area contributed by atoms with Gasteiger partial charge in [-0.3, -0.25) is 0 Å². The van der Waals surface area contributed by atoms with E-state index in [4.69, 9.17) is 10.2 Å². The smallest absolute Gasteiger partial charge is 1.00 e. The van der Waals surface area contributed by atoms with E-state index in [2.05, 4.69) is 0 Å². The number of halogens is 2. The van der Waals surface area contributed by atoms with Crippen LogP contribution < -0.4 is 88.5 Å². The molecule has 0 atom stereocenters. The van der Waals surface area contributed by atoms with Crippen LogP contribution in [0.5, 0.6) is 0 Å². The molecule has 8 heavy (non-hydrogen) atoms. The van der Waals surface area contributed by atoms with Crippen molar-refractivity contribution in [1.82, 2.24) is 0 Å². The zero-order valence-electron chi connectivity index (χ0n) is 5.06. The summed E-state index contributed by atoms with van der Waals surface area (Å²) in [5.74, 6) is 0. The molecule has 0 bridgehead atoms. The molecule has 0 heterocycles. The van der Waals surface area contributed by atoms with Crippen molar-refractivity contribution in [1.29, 1.82) is 0 Å². The third-order valence-corrected chi connectivity index (χ3v) is 0.1000. The number of aliphatic hydroxyl groups is 2. The summed E-state index contributed by atoms with van der Waals surface area (Å²) >= 11 is 0. The average Bonchev–Trinajstić information content (AvgIpc) is 1.37. The molecule has 0 aromatic heterocycles. The molecule has 0 radical (unpaired) electrons. The summed E-state index contributed by atoms with van der Waals surface area (Å²) < 4.78 is 0. The summed E-state index contributed by atoms with van der Waals surface area (Å²) in [5, 5.41) is 15.2. The van der Waals surface area contributed by atoms with E-state index in [1.165, 1.54) is 0 Å². The van der Waals surface area contributed by atoms with Gasteiger partial charge in [0.2, 0.25) is 0 Å². The van der Waals surface area contributed by atoms with Gasteiger partial charge in [0, 0.05) is 0 Å². The summed E-state index contributed by atoms with van der Waals surface area (Å²) in [4.78, 5) is 0. The van der Waals surface area contributed by atoms with Crippen molar-refractivity contribution in [2.75, 3.05) is 13.2 Å². The van der Waals surface area contributed by atoms with Crippen molar-refractivity contribution in [3.05, 3.63) is 0 Å². The van der Waals surface area contributed by atoms with Crippen molar-refractivity contribution in [2.24, 2.45) is 0 Å². The minimum Gasteiger partial charge on any atom is -1.00 e. The first-order valence-corrected chi connectivity index (χ1v) is 1.13. The van der Waals surface area contributed by atoms with Crippen LogP contribution >= 0.6 is 0 Å². The van der Waals surface area contributed by atoms with E-state index in [1.807, 2.05) is 0 Å². The Balaban J connectivity index is -0.00000000750. The Labute approximate surface area is 110 Å². The Kier molecular flexibility index (Phi) is 129. The van der Waals surface area contributed by atoms with Gasteiger partial charge in [-0.25, -0.2) is 0 Å². The number of hydrogen-bond acceptors (Lipinski definition) is 2. The van der Waals surface area contributed by atoms with Gasteiger partial charge in [-0.2, -0.15) is 0 Å². The van der Waals surface area contributed by atoms with Gasteiger partial charge in [-0.15, -0.1) is 0 Å². The third-order valence-electron chi connectivity index (χ3n) is 0.1000. The van der Waals surface area contributed by atoms with Gasteiger partial charge in [0.05, 0.1) is 13.2 Å². The maximum absolute atomic E-state index is 7.62. The van der Waals surface area contributed by atoms with E-state index >= 15 is 0 Å². The average molecular weight is 223 g/mol. The second-order valence-electron chi connectivity index (χ2n) is 0.447. The fourth-order valence-electron chi connectivity index (χ4n) is 0. The molecule has 0 aromatic rings. The van der Waals surface area contributed by atoms with Crippen LogP contribution in [0.15, 0.2) is 0 Å². The van der Waals surface area contributed by atoms with Crippen molar-refractivity contribution in [3.63, 3.8) is 0 Å². The quantitative estimate of drug-likeness (QED) is 0.434. The number of hydrogen-bond donors (Lipinski definition) is 2. The molecule has 0 aliphatic rings. The summed E-state index contributed by atoms with van der Waals surface area (Å²) in [6.45, 7) is -0.250. The molecule has 0 rings (SSSR count). The Bertz CT molecular complexity index is 20.0. The van der Waals surface area contributed by atoms with E-state index in [-0.39, 0.29) is 102 Å². The number of aliphatic hydroxyl groups excluding tert-OH is 2. The molecule has 0 aliphatic carbocycles. The molecule has 42 valence electrons. The summed E-state index contributed by atoms with van der Waals surface area (Å²) in [7, 11) is 0. The molecular weight excluding hydrogens is 217 g/mol. The second kappa shape index (κ2) is 33.3. The molecule has 0 saturated heterocycles. The van der Waals surface area contributed by atoms with Gasteiger partial charge in [0.15, 0.2) is 0 Å². The number of rotatable bonds is 1. The van der Waals surface area contributed by atoms with E-state index in [0.717, 1.165) is 0 Å². The van der Waals surface area contributed by atoms with Crippen LogP contribution in [-0.2, 0) is 0 Å². The van der Waals surface area contributed by atoms with E-state index < -0.39 is 0 Å². The van der Waals surface area contributed by atoms with Crippen molar-refractivity contribution >= 4 is 0 Å². The fraction of sp³-hybridized carbons (Fsp3) is 1.00. The third kappa shape index (κ3) is 37.7. The summed E-state index contributed by atoms with van der Waals surface area (Å²) in [6.07, 6.45) is 0. The van der Waals surface area contributed by atoms with Crippen LogP contribution in [0.4, 0.5) is 0 Å². The van der Waals surface area contributed by atoms with Gasteiger partial charge in [-0.05, 0) is 0 Å². The first kappa shape index (κ1) is 31.0. The monoisotopic (exact) mass is 222 g/mol. The molecule has 0 amide bonds. The first-order valence-electron chi connectivity index (χ1n) is 1.13. The molecule has 0 saturated carbocycles. The van der Waals surface area contributed by atoms with Crippen LogP contribution in [0, 0.1) is 0 Å². The molecule has 0 aromatic carbocycles. The topological polar surface area (TPSA) is 40.5 Å². The molecule has 0 fully saturated rings. The van der Waals surface area contributed by atoms with Crippen LogP contribution in [0.3, 0.4) is 0 Å². The predicted octanol–water partition coefficient (Wildman–Crippen LogP) is -13.0. The minimum atomic E-state index is -0.125. The maximum Gasteiger partial charge on any atom is 1.00 e. The Morgan fingerprint density at radius 3 is 1.00 bits per heavy atom. The molecule has 0 aliphatic heterocycles. The fourth-order valence-corrected chi connectivity index (χ4v) is 0. The molecule has 0 spiro atoms. The Hall–Kier alpha value is 2.69.